The van der Waals surface area contributed by atoms with E-state index in [2.05, 4.69) is 11.8 Å². The van der Waals surface area contributed by atoms with E-state index in [1.54, 1.807) is 0 Å². The summed E-state index contributed by atoms with van der Waals surface area (Å²) in [6.45, 7) is 4.92. The molecule has 0 aliphatic carbocycles. The van der Waals surface area contributed by atoms with Crippen molar-refractivity contribution < 1.29 is 19.3 Å². The van der Waals surface area contributed by atoms with Crippen LogP contribution >= 0.6 is 0 Å². The van der Waals surface area contributed by atoms with Crippen LogP contribution in [0.25, 0.3) is 0 Å². The zero-order chi connectivity index (χ0) is 17.5. The second-order valence-corrected chi connectivity index (χ2v) is 6.13. The molecule has 1 aliphatic rings. The third-order valence-electron chi connectivity index (χ3n) is 4.13. The molecule has 0 saturated carbocycles. The minimum absolute atomic E-state index is 0.0444. The number of likely N-dealkylation sites (N-methyl/N-ethyl adjacent to an activating group) is 1. The average molecular weight is 343 g/mol. The fourth-order valence-corrected chi connectivity index (χ4v) is 2.83. The summed E-state index contributed by atoms with van der Waals surface area (Å²) in [6, 6.07) is 17.2. The summed E-state index contributed by atoms with van der Waals surface area (Å²) >= 11 is 0. The number of rotatable bonds is 8. The van der Waals surface area contributed by atoms with E-state index in [1.807, 2.05) is 54.6 Å². The number of aliphatic hydroxyl groups is 1. The highest BCUT2D eigenvalue weighted by Crippen LogP contribution is 2.31. The lowest BCUT2D eigenvalue weighted by molar-refractivity contribution is 0.0300. The van der Waals surface area contributed by atoms with Crippen LogP contribution in [0.2, 0.25) is 0 Å². The minimum atomic E-state index is -0.558. The Morgan fingerprint density at radius 1 is 1.12 bits per heavy atom. The van der Waals surface area contributed by atoms with Gasteiger partial charge >= 0.3 is 0 Å². The number of hydrogen-bond donors (Lipinski definition) is 1. The van der Waals surface area contributed by atoms with Gasteiger partial charge in [0.25, 0.3) is 0 Å². The second-order valence-electron chi connectivity index (χ2n) is 6.13. The first-order valence-electron chi connectivity index (χ1n) is 8.71. The van der Waals surface area contributed by atoms with E-state index in [0.717, 1.165) is 23.8 Å². The van der Waals surface area contributed by atoms with Crippen molar-refractivity contribution in [1.82, 2.24) is 4.90 Å². The van der Waals surface area contributed by atoms with Gasteiger partial charge in [-0.3, -0.25) is 4.90 Å². The van der Waals surface area contributed by atoms with Gasteiger partial charge in [-0.05, 0) is 30.8 Å². The Hall–Kier alpha value is -2.24. The summed E-state index contributed by atoms with van der Waals surface area (Å²) in [5, 5.41) is 10.3. The number of para-hydroxylation sites is 3. The maximum absolute atomic E-state index is 10.3. The lowest BCUT2D eigenvalue weighted by Gasteiger charge is -2.31. The van der Waals surface area contributed by atoms with E-state index in [9.17, 15) is 5.11 Å². The molecule has 2 aromatic carbocycles. The quantitative estimate of drug-likeness (QED) is 0.798. The smallest absolute Gasteiger partial charge is 0.161 e. The molecule has 0 amide bonds. The Kier molecular flexibility index (Phi) is 6.14. The Morgan fingerprint density at radius 3 is 2.60 bits per heavy atom. The Balaban J connectivity index is 1.46. The third kappa shape index (κ3) is 5.11. The molecular weight excluding hydrogens is 318 g/mol. The highest BCUT2D eigenvalue weighted by atomic mass is 16.6. The predicted molar refractivity (Wildman–Crippen MR) is 96.4 cm³/mol. The number of fused-ring (bicyclic) bond motifs is 1. The van der Waals surface area contributed by atoms with Gasteiger partial charge in [0.05, 0.1) is 0 Å². The Bertz CT molecular complexity index is 649. The number of hydrogen-bond acceptors (Lipinski definition) is 5. The molecule has 0 spiro atoms. The largest absolute Gasteiger partial charge is 0.491 e. The molecule has 0 fully saturated rings. The van der Waals surface area contributed by atoms with Crippen LogP contribution in [-0.2, 0) is 0 Å². The zero-order valence-electron chi connectivity index (χ0n) is 14.5. The van der Waals surface area contributed by atoms with Crippen molar-refractivity contribution in [2.24, 2.45) is 0 Å². The lowest BCUT2D eigenvalue weighted by Crippen LogP contribution is -2.44. The first kappa shape index (κ1) is 17.6. The van der Waals surface area contributed by atoms with Crippen LogP contribution in [0.3, 0.4) is 0 Å². The van der Waals surface area contributed by atoms with Gasteiger partial charge in [-0.2, -0.15) is 0 Å². The van der Waals surface area contributed by atoms with Gasteiger partial charge in [-0.25, -0.2) is 0 Å². The summed E-state index contributed by atoms with van der Waals surface area (Å²) in [4.78, 5) is 2.15. The standard InChI is InChI=1S/C20H25NO4/c1-2-21(12-16(22)14-23-17-8-4-3-5-9-17)13-18-15-24-19-10-6-7-11-20(19)25-18/h3-11,16,18,22H,2,12-15H2,1H3. The molecule has 1 N–H and O–H groups in total. The van der Waals surface area contributed by atoms with Crippen molar-refractivity contribution >= 4 is 0 Å². The summed E-state index contributed by atoms with van der Waals surface area (Å²) in [5.74, 6) is 2.34. The summed E-state index contributed by atoms with van der Waals surface area (Å²) in [7, 11) is 0. The first-order valence-corrected chi connectivity index (χ1v) is 8.71. The molecule has 25 heavy (non-hydrogen) atoms. The second kappa shape index (κ2) is 8.74. The Morgan fingerprint density at radius 2 is 1.84 bits per heavy atom. The van der Waals surface area contributed by atoms with Crippen molar-refractivity contribution in [2.75, 3.05) is 32.8 Å². The summed E-state index contributed by atoms with van der Waals surface area (Å²) in [5.41, 5.74) is 0. The van der Waals surface area contributed by atoms with Crippen molar-refractivity contribution in [3.05, 3.63) is 54.6 Å². The molecule has 5 heteroatoms. The molecule has 0 bridgehead atoms. The van der Waals surface area contributed by atoms with E-state index in [0.29, 0.717) is 19.7 Å². The van der Waals surface area contributed by atoms with E-state index >= 15 is 0 Å². The number of ether oxygens (including phenoxy) is 3. The molecule has 0 aromatic heterocycles. The van der Waals surface area contributed by atoms with Crippen LogP contribution in [0.4, 0.5) is 0 Å². The molecule has 2 aromatic rings. The number of nitrogens with zero attached hydrogens (tertiary/aromatic N) is 1. The van der Waals surface area contributed by atoms with Gasteiger partial charge in [0, 0.05) is 13.1 Å². The van der Waals surface area contributed by atoms with Gasteiger partial charge in [-0.1, -0.05) is 37.3 Å². The van der Waals surface area contributed by atoms with Gasteiger partial charge in [-0.15, -0.1) is 0 Å². The first-order chi connectivity index (χ1) is 12.2. The molecule has 2 atom stereocenters. The molecule has 1 aliphatic heterocycles. The third-order valence-corrected chi connectivity index (χ3v) is 4.13. The maximum atomic E-state index is 10.3. The van der Waals surface area contributed by atoms with E-state index < -0.39 is 6.10 Å². The van der Waals surface area contributed by atoms with Crippen molar-refractivity contribution in [1.29, 1.82) is 0 Å². The van der Waals surface area contributed by atoms with E-state index in [1.165, 1.54) is 0 Å². The molecule has 5 nitrogen and oxygen atoms in total. The van der Waals surface area contributed by atoms with Gasteiger partial charge in [0.1, 0.15) is 31.2 Å². The van der Waals surface area contributed by atoms with Crippen LogP contribution in [0.1, 0.15) is 6.92 Å². The SMILES string of the molecule is CCN(CC(O)COc1ccccc1)CC1COc2ccccc2O1. The predicted octanol–water partition coefficient (Wildman–Crippen LogP) is 2.59. The molecule has 0 saturated heterocycles. The minimum Gasteiger partial charge on any atom is -0.491 e. The van der Waals surface area contributed by atoms with Crippen LogP contribution in [0.15, 0.2) is 54.6 Å². The number of aliphatic hydroxyl groups excluding tert-OH is 1. The normalized spacial score (nSPS) is 17.3. The number of benzene rings is 2. The Labute approximate surface area is 148 Å². The molecule has 0 radical (unpaired) electrons. The van der Waals surface area contributed by atoms with E-state index in [4.69, 9.17) is 14.2 Å². The fourth-order valence-electron chi connectivity index (χ4n) is 2.83. The highest BCUT2D eigenvalue weighted by Gasteiger charge is 2.23. The highest BCUT2D eigenvalue weighted by molar-refractivity contribution is 5.40. The van der Waals surface area contributed by atoms with Crippen LogP contribution < -0.4 is 14.2 Å². The molecule has 3 rings (SSSR count). The summed E-state index contributed by atoms with van der Waals surface area (Å²) in [6.07, 6.45) is -0.603. The van der Waals surface area contributed by atoms with Crippen molar-refractivity contribution in [2.45, 2.75) is 19.1 Å². The fraction of sp³-hybridized carbons (Fsp3) is 0.400. The van der Waals surface area contributed by atoms with Crippen LogP contribution in [0.5, 0.6) is 17.2 Å². The lowest BCUT2D eigenvalue weighted by atomic mass is 10.2. The molecule has 134 valence electrons. The monoisotopic (exact) mass is 343 g/mol. The van der Waals surface area contributed by atoms with Crippen molar-refractivity contribution in [3.63, 3.8) is 0 Å². The topological polar surface area (TPSA) is 51.2 Å². The maximum Gasteiger partial charge on any atom is 0.161 e. The van der Waals surface area contributed by atoms with E-state index in [-0.39, 0.29) is 12.7 Å². The van der Waals surface area contributed by atoms with Crippen LogP contribution in [0, 0.1) is 0 Å². The van der Waals surface area contributed by atoms with Gasteiger partial charge in [0.2, 0.25) is 0 Å². The summed E-state index contributed by atoms with van der Waals surface area (Å²) < 4.78 is 17.4. The van der Waals surface area contributed by atoms with Gasteiger partial charge < -0.3 is 19.3 Å². The molecule has 2 unspecified atom stereocenters. The van der Waals surface area contributed by atoms with Gasteiger partial charge in [0.15, 0.2) is 11.5 Å². The zero-order valence-corrected chi connectivity index (χ0v) is 14.5. The molecule has 1 heterocycles. The molecular formula is C20H25NO4. The van der Waals surface area contributed by atoms with Crippen molar-refractivity contribution in [3.8, 4) is 17.2 Å². The average Bonchev–Trinajstić information content (AvgIpc) is 2.66. The van der Waals surface area contributed by atoms with Crippen LogP contribution in [-0.4, -0.2) is 55.1 Å².